The standard InChI is InChI=1S/C15H23NO3S/c1-11(17)7-8-14(2,3)13(18)16-10-15(4,19)12-6-5-9-20-12/h5-6,9,19H,7-8,10H2,1-4H3,(H,16,18). The molecule has 112 valence electrons. The topological polar surface area (TPSA) is 66.4 Å². The summed E-state index contributed by atoms with van der Waals surface area (Å²) in [6.45, 7) is 6.99. The zero-order valence-electron chi connectivity index (χ0n) is 12.5. The van der Waals surface area contributed by atoms with E-state index in [0.29, 0.717) is 12.8 Å². The lowest BCUT2D eigenvalue weighted by molar-refractivity contribution is -0.131. The van der Waals surface area contributed by atoms with Crippen LogP contribution in [0.2, 0.25) is 0 Å². The predicted octanol–water partition coefficient (Wildman–Crippen LogP) is 2.47. The number of carbonyl (C=O) groups is 2. The molecule has 1 amide bonds. The molecule has 1 aromatic rings. The Balaban J connectivity index is 2.56. The van der Waals surface area contributed by atoms with Crippen molar-refractivity contribution in [2.24, 2.45) is 5.41 Å². The Morgan fingerprint density at radius 1 is 1.35 bits per heavy atom. The van der Waals surface area contributed by atoms with Crippen molar-refractivity contribution in [3.8, 4) is 0 Å². The lowest BCUT2D eigenvalue weighted by atomic mass is 9.86. The molecule has 0 aliphatic heterocycles. The predicted molar refractivity (Wildman–Crippen MR) is 80.6 cm³/mol. The van der Waals surface area contributed by atoms with Crippen LogP contribution in [0, 0.1) is 5.41 Å². The SMILES string of the molecule is CC(=O)CCC(C)(C)C(=O)NCC(C)(O)c1cccs1. The van der Waals surface area contributed by atoms with Crippen LogP contribution >= 0.6 is 11.3 Å². The fraction of sp³-hybridized carbons (Fsp3) is 0.600. The molecular formula is C15H23NO3S. The number of rotatable bonds is 7. The number of nitrogens with one attached hydrogen (secondary N) is 1. The Kier molecular flexibility index (Phi) is 5.48. The van der Waals surface area contributed by atoms with Crippen molar-refractivity contribution in [1.82, 2.24) is 5.32 Å². The Morgan fingerprint density at radius 3 is 2.50 bits per heavy atom. The van der Waals surface area contributed by atoms with Gasteiger partial charge in [0.15, 0.2) is 0 Å². The second-order valence-electron chi connectivity index (χ2n) is 6.02. The number of hydrogen-bond donors (Lipinski definition) is 2. The van der Waals surface area contributed by atoms with Crippen molar-refractivity contribution in [2.75, 3.05) is 6.54 Å². The van der Waals surface area contributed by atoms with E-state index in [1.54, 1.807) is 6.92 Å². The Labute approximate surface area is 124 Å². The van der Waals surface area contributed by atoms with Gasteiger partial charge in [0.2, 0.25) is 5.91 Å². The number of thiophene rings is 1. The van der Waals surface area contributed by atoms with Crippen LogP contribution in [0.4, 0.5) is 0 Å². The number of aliphatic hydroxyl groups is 1. The van der Waals surface area contributed by atoms with Crippen molar-refractivity contribution < 1.29 is 14.7 Å². The van der Waals surface area contributed by atoms with Gasteiger partial charge in [0, 0.05) is 16.7 Å². The van der Waals surface area contributed by atoms with E-state index in [2.05, 4.69) is 5.32 Å². The summed E-state index contributed by atoms with van der Waals surface area (Å²) in [5.74, 6) is -0.0629. The van der Waals surface area contributed by atoms with E-state index >= 15 is 0 Å². The van der Waals surface area contributed by atoms with Crippen LogP contribution in [0.3, 0.4) is 0 Å². The quantitative estimate of drug-likeness (QED) is 0.812. The molecular weight excluding hydrogens is 274 g/mol. The van der Waals surface area contributed by atoms with E-state index in [4.69, 9.17) is 0 Å². The second kappa shape index (κ2) is 6.50. The minimum absolute atomic E-state index is 0.0801. The largest absolute Gasteiger partial charge is 0.383 e. The molecule has 0 spiro atoms. The van der Waals surface area contributed by atoms with Gasteiger partial charge in [-0.2, -0.15) is 0 Å². The highest BCUT2D eigenvalue weighted by Crippen LogP contribution is 2.26. The summed E-state index contributed by atoms with van der Waals surface area (Å²) in [5, 5.41) is 15.0. The maximum Gasteiger partial charge on any atom is 0.225 e. The molecule has 1 heterocycles. The minimum Gasteiger partial charge on any atom is -0.383 e. The third kappa shape index (κ3) is 4.72. The van der Waals surface area contributed by atoms with Crippen LogP contribution in [-0.4, -0.2) is 23.3 Å². The third-order valence-corrected chi connectivity index (χ3v) is 4.48. The Hall–Kier alpha value is -1.20. The number of hydrogen-bond acceptors (Lipinski definition) is 4. The van der Waals surface area contributed by atoms with Crippen LogP contribution in [-0.2, 0) is 15.2 Å². The lowest BCUT2D eigenvalue weighted by Gasteiger charge is -2.27. The number of amides is 1. The molecule has 0 fully saturated rings. The van der Waals surface area contributed by atoms with Crippen LogP contribution in [0.15, 0.2) is 17.5 Å². The first-order chi connectivity index (χ1) is 9.15. The van der Waals surface area contributed by atoms with Gasteiger partial charge < -0.3 is 15.2 Å². The first kappa shape index (κ1) is 16.9. The highest BCUT2D eigenvalue weighted by molar-refractivity contribution is 7.10. The summed E-state index contributed by atoms with van der Waals surface area (Å²) in [7, 11) is 0. The van der Waals surface area contributed by atoms with E-state index in [0.717, 1.165) is 4.88 Å². The number of ketones is 1. The molecule has 1 atom stereocenters. The maximum absolute atomic E-state index is 12.2. The molecule has 0 bridgehead atoms. The summed E-state index contributed by atoms with van der Waals surface area (Å²) in [6.07, 6.45) is 0.900. The molecule has 0 aliphatic rings. The fourth-order valence-electron chi connectivity index (χ4n) is 1.77. The van der Waals surface area contributed by atoms with Crippen LogP contribution in [0.1, 0.15) is 45.4 Å². The summed E-state index contributed by atoms with van der Waals surface area (Å²) in [4.78, 5) is 24.0. The van der Waals surface area contributed by atoms with Crippen LogP contribution < -0.4 is 5.32 Å². The van der Waals surface area contributed by atoms with Crippen LogP contribution in [0.5, 0.6) is 0 Å². The lowest BCUT2D eigenvalue weighted by Crippen LogP contribution is -2.44. The monoisotopic (exact) mass is 297 g/mol. The van der Waals surface area contributed by atoms with Gasteiger partial charge in [0.05, 0.1) is 6.54 Å². The number of Topliss-reactive ketones (excluding diaryl/α,β-unsaturated/α-hetero) is 1. The van der Waals surface area contributed by atoms with E-state index in [-0.39, 0.29) is 18.2 Å². The summed E-state index contributed by atoms with van der Waals surface area (Å²) in [6, 6.07) is 3.71. The average molecular weight is 297 g/mol. The van der Waals surface area contributed by atoms with Crippen molar-refractivity contribution >= 4 is 23.0 Å². The van der Waals surface area contributed by atoms with E-state index in [1.807, 2.05) is 31.4 Å². The molecule has 0 radical (unpaired) electrons. The van der Waals surface area contributed by atoms with Gasteiger partial charge in [-0.3, -0.25) is 4.79 Å². The first-order valence-electron chi connectivity index (χ1n) is 6.69. The zero-order chi connectivity index (χ0) is 15.4. The molecule has 1 rings (SSSR count). The minimum atomic E-state index is -1.07. The normalized spacial score (nSPS) is 14.7. The molecule has 20 heavy (non-hydrogen) atoms. The molecule has 0 saturated carbocycles. The maximum atomic E-state index is 12.2. The Bertz CT molecular complexity index is 463. The number of carbonyl (C=O) groups excluding carboxylic acids is 2. The van der Waals surface area contributed by atoms with Crippen molar-refractivity contribution in [3.05, 3.63) is 22.4 Å². The molecule has 1 unspecified atom stereocenters. The highest BCUT2D eigenvalue weighted by atomic mass is 32.1. The molecule has 0 saturated heterocycles. The fourth-order valence-corrected chi connectivity index (χ4v) is 2.55. The van der Waals surface area contributed by atoms with Gasteiger partial charge in [-0.25, -0.2) is 0 Å². The molecule has 2 N–H and O–H groups in total. The second-order valence-corrected chi connectivity index (χ2v) is 6.97. The first-order valence-corrected chi connectivity index (χ1v) is 7.57. The van der Waals surface area contributed by atoms with Gasteiger partial charge >= 0.3 is 0 Å². The van der Waals surface area contributed by atoms with Gasteiger partial charge in [0.25, 0.3) is 0 Å². The van der Waals surface area contributed by atoms with Crippen molar-refractivity contribution in [3.63, 3.8) is 0 Å². The van der Waals surface area contributed by atoms with Crippen molar-refractivity contribution in [2.45, 2.75) is 46.1 Å². The summed E-state index contributed by atoms with van der Waals surface area (Å²) < 4.78 is 0. The molecule has 1 aromatic heterocycles. The van der Waals surface area contributed by atoms with Crippen molar-refractivity contribution in [1.29, 1.82) is 0 Å². The average Bonchev–Trinajstić information content (AvgIpc) is 2.88. The van der Waals surface area contributed by atoms with Gasteiger partial charge in [-0.1, -0.05) is 19.9 Å². The summed E-state index contributed by atoms with van der Waals surface area (Å²) >= 11 is 1.46. The van der Waals surface area contributed by atoms with E-state index < -0.39 is 11.0 Å². The Morgan fingerprint density at radius 2 is 2.00 bits per heavy atom. The molecule has 5 heteroatoms. The summed E-state index contributed by atoms with van der Waals surface area (Å²) in [5.41, 5.74) is -1.68. The molecule has 4 nitrogen and oxygen atoms in total. The highest BCUT2D eigenvalue weighted by Gasteiger charge is 2.31. The van der Waals surface area contributed by atoms with Gasteiger partial charge in [0.1, 0.15) is 11.4 Å². The van der Waals surface area contributed by atoms with Gasteiger partial charge in [-0.15, -0.1) is 11.3 Å². The smallest absolute Gasteiger partial charge is 0.225 e. The van der Waals surface area contributed by atoms with Gasteiger partial charge in [-0.05, 0) is 31.7 Å². The molecule has 0 aliphatic carbocycles. The third-order valence-electron chi connectivity index (χ3n) is 3.36. The van der Waals surface area contributed by atoms with E-state index in [9.17, 15) is 14.7 Å². The van der Waals surface area contributed by atoms with E-state index in [1.165, 1.54) is 18.3 Å². The zero-order valence-corrected chi connectivity index (χ0v) is 13.3. The molecule has 0 aromatic carbocycles. The van der Waals surface area contributed by atoms with Crippen LogP contribution in [0.25, 0.3) is 0 Å².